The number of hydrogen-bond acceptors (Lipinski definition) is 4. The van der Waals surface area contributed by atoms with E-state index in [2.05, 4.69) is 20.3 Å². The Balaban J connectivity index is 1.64. The number of aromatic amines is 2. The van der Waals surface area contributed by atoms with Gasteiger partial charge in [-0.15, -0.1) is 0 Å². The van der Waals surface area contributed by atoms with Crippen molar-refractivity contribution in [3.63, 3.8) is 0 Å². The number of carbonyl (C=O) groups excluding carboxylic acids is 2. The van der Waals surface area contributed by atoms with Gasteiger partial charge < -0.3 is 19.7 Å². The highest BCUT2D eigenvalue weighted by Crippen LogP contribution is 2.25. The molecule has 4 aromatic rings. The van der Waals surface area contributed by atoms with Crippen molar-refractivity contribution in [1.29, 1.82) is 0 Å². The zero-order valence-corrected chi connectivity index (χ0v) is 15.8. The molecule has 0 saturated carbocycles. The van der Waals surface area contributed by atoms with E-state index >= 15 is 0 Å². The number of aryl methyl sites for hydroxylation is 1. The van der Waals surface area contributed by atoms with Crippen LogP contribution in [0.5, 0.6) is 0 Å². The minimum absolute atomic E-state index is 0.0472. The molecule has 3 aromatic heterocycles. The van der Waals surface area contributed by atoms with Crippen LogP contribution in [0.3, 0.4) is 0 Å². The molecule has 3 heterocycles. The van der Waals surface area contributed by atoms with Gasteiger partial charge in [0.05, 0.1) is 17.3 Å². The molecule has 0 aliphatic rings. The van der Waals surface area contributed by atoms with Crippen LogP contribution in [-0.2, 0) is 6.42 Å². The Hall–Kier alpha value is -3.61. The summed E-state index contributed by atoms with van der Waals surface area (Å²) < 4.78 is 5.36. The number of imidazole rings is 1. The van der Waals surface area contributed by atoms with E-state index in [0.717, 1.165) is 16.6 Å². The highest BCUT2D eigenvalue weighted by atomic mass is 16.3. The van der Waals surface area contributed by atoms with Crippen molar-refractivity contribution in [2.75, 3.05) is 5.32 Å². The number of amides is 1. The summed E-state index contributed by atoms with van der Waals surface area (Å²) >= 11 is 0. The molecule has 142 valence electrons. The lowest BCUT2D eigenvalue weighted by Gasteiger charge is -2.06. The predicted octanol–water partition coefficient (Wildman–Crippen LogP) is 4.48. The van der Waals surface area contributed by atoms with Crippen LogP contribution in [0.4, 0.5) is 5.69 Å². The Morgan fingerprint density at radius 1 is 1.21 bits per heavy atom. The summed E-state index contributed by atoms with van der Waals surface area (Å²) in [4.78, 5) is 35.5. The molecule has 0 spiro atoms. The van der Waals surface area contributed by atoms with Gasteiger partial charge in [0.2, 0.25) is 0 Å². The fraction of sp³-hybridized carbons (Fsp3) is 0.190. The highest BCUT2D eigenvalue weighted by Gasteiger charge is 2.21. The second-order valence-corrected chi connectivity index (χ2v) is 6.64. The molecule has 28 heavy (non-hydrogen) atoms. The Morgan fingerprint density at radius 3 is 2.71 bits per heavy atom. The number of rotatable bonds is 5. The molecular formula is C21H20N4O3. The topological polar surface area (TPSA) is 104 Å². The zero-order valence-electron chi connectivity index (χ0n) is 15.8. The van der Waals surface area contributed by atoms with Crippen LogP contribution in [0.1, 0.15) is 46.0 Å². The predicted molar refractivity (Wildman–Crippen MR) is 107 cm³/mol. The van der Waals surface area contributed by atoms with Crippen LogP contribution in [0.25, 0.3) is 22.6 Å². The summed E-state index contributed by atoms with van der Waals surface area (Å²) in [6.45, 7) is 5.25. The molecule has 7 nitrogen and oxygen atoms in total. The molecule has 0 bridgehead atoms. The SMILES string of the molecule is CCc1c(C(=O)Nc2ccc3nc(-c4ccco4)[nH]c3c2)[nH]c(C)c1C(C)=O. The first kappa shape index (κ1) is 17.8. The van der Waals surface area contributed by atoms with Gasteiger partial charge in [-0.1, -0.05) is 6.92 Å². The maximum Gasteiger partial charge on any atom is 0.272 e. The van der Waals surface area contributed by atoms with Crippen LogP contribution in [-0.4, -0.2) is 26.6 Å². The molecule has 0 aliphatic carbocycles. The first-order valence-electron chi connectivity index (χ1n) is 9.05. The molecule has 0 aliphatic heterocycles. The van der Waals surface area contributed by atoms with Gasteiger partial charge in [-0.3, -0.25) is 9.59 Å². The molecule has 4 rings (SSSR count). The number of carbonyl (C=O) groups is 2. The summed E-state index contributed by atoms with van der Waals surface area (Å²) in [7, 11) is 0. The molecular weight excluding hydrogens is 356 g/mol. The number of Topliss-reactive ketones (excluding diaryl/α,β-unsaturated/α-hetero) is 1. The normalized spacial score (nSPS) is 11.1. The van der Waals surface area contributed by atoms with Gasteiger partial charge >= 0.3 is 0 Å². The van der Waals surface area contributed by atoms with Gasteiger partial charge in [-0.2, -0.15) is 0 Å². The van der Waals surface area contributed by atoms with E-state index in [-0.39, 0.29) is 11.7 Å². The highest BCUT2D eigenvalue weighted by molar-refractivity contribution is 6.08. The zero-order chi connectivity index (χ0) is 19.8. The Kier molecular flexibility index (Phi) is 4.35. The number of nitrogens with one attached hydrogen (secondary N) is 3. The van der Waals surface area contributed by atoms with Gasteiger partial charge in [-0.25, -0.2) is 4.98 Å². The number of benzene rings is 1. The lowest BCUT2D eigenvalue weighted by molar-refractivity contribution is 0.101. The average molecular weight is 376 g/mol. The third-order valence-electron chi connectivity index (χ3n) is 4.72. The summed E-state index contributed by atoms with van der Waals surface area (Å²) in [5.41, 5.74) is 4.66. The van der Waals surface area contributed by atoms with E-state index in [1.807, 2.05) is 25.1 Å². The van der Waals surface area contributed by atoms with E-state index in [1.165, 1.54) is 6.92 Å². The van der Waals surface area contributed by atoms with Crippen molar-refractivity contribution in [1.82, 2.24) is 15.0 Å². The molecule has 3 N–H and O–H groups in total. The summed E-state index contributed by atoms with van der Waals surface area (Å²) in [6.07, 6.45) is 2.18. The third kappa shape index (κ3) is 3.00. The average Bonchev–Trinajstić information content (AvgIpc) is 3.38. The van der Waals surface area contributed by atoms with Crippen molar-refractivity contribution >= 4 is 28.4 Å². The maximum atomic E-state index is 12.8. The van der Waals surface area contributed by atoms with E-state index in [1.54, 1.807) is 25.3 Å². The first-order valence-corrected chi connectivity index (χ1v) is 9.05. The summed E-state index contributed by atoms with van der Waals surface area (Å²) in [5.74, 6) is 0.947. The summed E-state index contributed by atoms with van der Waals surface area (Å²) in [5, 5.41) is 2.90. The minimum Gasteiger partial charge on any atom is -0.461 e. The largest absolute Gasteiger partial charge is 0.461 e. The van der Waals surface area contributed by atoms with Crippen LogP contribution in [0.2, 0.25) is 0 Å². The smallest absolute Gasteiger partial charge is 0.272 e. The quantitative estimate of drug-likeness (QED) is 0.447. The number of hydrogen-bond donors (Lipinski definition) is 3. The molecule has 0 fully saturated rings. The van der Waals surface area contributed by atoms with Crippen molar-refractivity contribution in [2.45, 2.75) is 27.2 Å². The van der Waals surface area contributed by atoms with E-state index in [0.29, 0.717) is 40.6 Å². The second kappa shape index (κ2) is 6.84. The lowest BCUT2D eigenvalue weighted by Crippen LogP contribution is -2.14. The van der Waals surface area contributed by atoms with Crippen molar-refractivity contribution in [3.8, 4) is 11.6 Å². The fourth-order valence-electron chi connectivity index (χ4n) is 3.51. The van der Waals surface area contributed by atoms with Gasteiger partial charge in [0.15, 0.2) is 17.4 Å². The van der Waals surface area contributed by atoms with Gasteiger partial charge in [0.25, 0.3) is 5.91 Å². The minimum atomic E-state index is -0.280. The molecule has 0 saturated heterocycles. The molecule has 0 unspecified atom stereocenters. The number of ketones is 1. The Labute approximate surface area is 161 Å². The second-order valence-electron chi connectivity index (χ2n) is 6.64. The number of anilines is 1. The molecule has 0 radical (unpaired) electrons. The third-order valence-corrected chi connectivity index (χ3v) is 4.72. The Morgan fingerprint density at radius 2 is 2.04 bits per heavy atom. The van der Waals surface area contributed by atoms with Gasteiger partial charge in [0, 0.05) is 16.9 Å². The summed E-state index contributed by atoms with van der Waals surface area (Å²) in [6, 6.07) is 9.07. The van der Waals surface area contributed by atoms with Gasteiger partial charge in [-0.05, 0) is 56.2 Å². The molecule has 0 atom stereocenters. The number of fused-ring (bicyclic) bond motifs is 1. The van der Waals surface area contributed by atoms with Crippen LogP contribution < -0.4 is 5.32 Å². The standard InChI is InChI=1S/C21H20N4O3/c1-4-14-18(12(3)26)11(2)22-19(14)21(27)23-13-7-8-15-16(10-13)25-20(24-15)17-6-5-9-28-17/h5-10,22H,4H2,1-3H3,(H,23,27)(H,24,25). The lowest BCUT2D eigenvalue weighted by atomic mass is 10.0. The van der Waals surface area contributed by atoms with E-state index < -0.39 is 0 Å². The first-order chi connectivity index (χ1) is 13.5. The molecule has 1 aromatic carbocycles. The Bertz CT molecular complexity index is 1180. The molecule has 1 amide bonds. The van der Waals surface area contributed by atoms with Crippen LogP contribution in [0.15, 0.2) is 41.0 Å². The van der Waals surface area contributed by atoms with Crippen molar-refractivity contribution in [3.05, 3.63) is 59.1 Å². The molecule has 7 heteroatoms. The van der Waals surface area contributed by atoms with E-state index in [4.69, 9.17) is 4.42 Å². The number of H-pyrrole nitrogens is 2. The van der Waals surface area contributed by atoms with Crippen LogP contribution >= 0.6 is 0 Å². The van der Waals surface area contributed by atoms with Crippen LogP contribution in [0, 0.1) is 6.92 Å². The number of nitrogens with zero attached hydrogens (tertiary/aromatic N) is 1. The monoisotopic (exact) mass is 376 g/mol. The number of furan rings is 1. The van der Waals surface area contributed by atoms with Crippen molar-refractivity contribution in [2.24, 2.45) is 0 Å². The van der Waals surface area contributed by atoms with Gasteiger partial charge in [0.1, 0.15) is 5.69 Å². The van der Waals surface area contributed by atoms with E-state index in [9.17, 15) is 9.59 Å². The maximum absolute atomic E-state index is 12.8. The fourth-order valence-corrected chi connectivity index (χ4v) is 3.51. The number of aromatic nitrogens is 3. The van der Waals surface area contributed by atoms with Crippen molar-refractivity contribution < 1.29 is 14.0 Å².